The summed E-state index contributed by atoms with van der Waals surface area (Å²) in [6, 6.07) is 7.71. The number of hydrogen-bond acceptors (Lipinski definition) is 3. The maximum Gasteiger partial charge on any atom is 0.220 e. The minimum Gasteiger partial charge on any atom is -0.497 e. The molecule has 0 heterocycles. The third-order valence-corrected chi connectivity index (χ3v) is 2.75. The number of hydrogen-bond donors (Lipinski definition) is 2. The zero-order chi connectivity index (χ0) is 13.5. The first kappa shape index (κ1) is 14.5. The zero-order valence-corrected chi connectivity index (χ0v) is 11.1. The molecule has 0 spiro atoms. The van der Waals surface area contributed by atoms with Gasteiger partial charge in [0, 0.05) is 13.0 Å². The van der Waals surface area contributed by atoms with E-state index in [1.807, 2.05) is 31.2 Å². The Hall–Kier alpha value is -1.55. The molecule has 0 aliphatic rings. The summed E-state index contributed by atoms with van der Waals surface area (Å²) in [5.41, 5.74) is 1.07. The van der Waals surface area contributed by atoms with Gasteiger partial charge in [0.25, 0.3) is 0 Å². The molecule has 2 atom stereocenters. The molecule has 1 aromatic rings. The quantitative estimate of drug-likeness (QED) is 0.809. The highest BCUT2D eigenvalue weighted by Crippen LogP contribution is 2.22. The molecule has 1 amide bonds. The second kappa shape index (κ2) is 7.01. The third-order valence-electron chi connectivity index (χ3n) is 2.75. The molecule has 4 heteroatoms. The topological polar surface area (TPSA) is 58.6 Å². The van der Waals surface area contributed by atoms with E-state index >= 15 is 0 Å². The predicted molar refractivity (Wildman–Crippen MR) is 70.7 cm³/mol. The van der Waals surface area contributed by atoms with Gasteiger partial charge >= 0.3 is 0 Å². The van der Waals surface area contributed by atoms with Crippen LogP contribution in [0.5, 0.6) is 5.75 Å². The van der Waals surface area contributed by atoms with Gasteiger partial charge in [-0.3, -0.25) is 4.79 Å². The average Bonchev–Trinajstić information content (AvgIpc) is 2.36. The van der Waals surface area contributed by atoms with Crippen LogP contribution in [0.2, 0.25) is 0 Å². The molecule has 0 radical (unpaired) electrons. The monoisotopic (exact) mass is 251 g/mol. The number of ether oxygens (including phenoxy) is 1. The van der Waals surface area contributed by atoms with Gasteiger partial charge < -0.3 is 15.2 Å². The van der Waals surface area contributed by atoms with Crippen molar-refractivity contribution in [3.05, 3.63) is 29.8 Å². The number of methoxy groups -OCH3 is 1. The Morgan fingerprint density at radius 1 is 1.44 bits per heavy atom. The highest BCUT2D eigenvalue weighted by molar-refractivity contribution is 5.76. The zero-order valence-electron chi connectivity index (χ0n) is 11.1. The fourth-order valence-corrected chi connectivity index (χ4v) is 1.68. The van der Waals surface area contributed by atoms with E-state index < -0.39 is 6.10 Å². The van der Waals surface area contributed by atoms with Crippen molar-refractivity contribution in [3.8, 4) is 5.75 Å². The van der Waals surface area contributed by atoms with E-state index in [9.17, 15) is 4.79 Å². The fourth-order valence-electron chi connectivity index (χ4n) is 1.68. The van der Waals surface area contributed by atoms with Crippen LogP contribution in [0.3, 0.4) is 0 Å². The van der Waals surface area contributed by atoms with Crippen molar-refractivity contribution < 1.29 is 14.6 Å². The second-order valence-electron chi connectivity index (χ2n) is 4.53. The lowest BCUT2D eigenvalue weighted by atomic mass is 9.97. The third kappa shape index (κ3) is 4.75. The number of carbonyl (C=O) groups is 1. The van der Waals surface area contributed by atoms with E-state index in [1.54, 1.807) is 14.0 Å². The van der Waals surface area contributed by atoms with Crippen molar-refractivity contribution in [2.45, 2.75) is 32.3 Å². The highest BCUT2D eigenvalue weighted by Gasteiger charge is 2.12. The summed E-state index contributed by atoms with van der Waals surface area (Å²) in [6.07, 6.45) is -0.110. The molecule has 0 aromatic heterocycles. The van der Waals surface area contributed by atoms with Crippen LogP contribution in [-0.4, -0.2) is 30.8 Å². The van der Waals surface area contributed by atoms with Gasteiger partial charge in [-0.1, -0.05) is 19.1 Å². The Morgan fingerprint density at radius 2 is 2.17 bits per heavy atom. The minimum atomic E-state index is -0.513. The van der Waals surface area contributed by atoms with Crippen LogP contribution in [0, 0.1) is 0 Å². The largest absolute Gasteiger partial charge is 0.497 e. The molecule has 2 unspecified atom stereocenters. The van der Waals surface area contributed by atoms with Gasteiger partial charge in [0.05, 0.1) is 13.2 Å². The molecule has 18 heavy (non-hydrogen) atoms. The molecular weight excluding hydrogens is 230 g/mol. The van der Waals surface area contributed by atoms with E-state index in [-0.39, 0.29) is 11.8 Å². The van der Waals surface area contributed by atoms with E-state index in [0.29, 0.717) is 13.0 Å². The van der Waals surface area contributed by atoms with Crippen molar-refractivity contribution in [2.24, 2.45) is 0 Å². The van der Waals surface area contributed by atoms with E-state index in [4.69, 9.17) is 9.84 Å². The summed E-state index contributed by atoms with van der Waals surface area (Å²) in [4.78, 5) is 11.6. The predicted octanol–water partition coefficient (Wildman–Crippen LogP) is 1.69. The maximum atomic E-state index is 11.6. The number of aliphatic hydroxyl groups is 1. The smallest absolute Gasteiger partial charge is 0.220 e. The van der Waals surface area contributed by atoms with Gasteiger partial charge in [-0.15, -0.1) is 0 Å². The Labute approximate surface area is 108 Å². The molecule has 4 nitrogen and oxygen atoms in total. The van der Waals surface area contributed by atoms with Crippen molar-refractivity contribution in [2.75, 3.05) is 13.7 Å². The number of amides is 1. The molecule has 0 fully saturated rings. The van der Waals surface area contributed by atoms with Crippen LogP contribution >= 0.6 is 0 Å². The number of nitrogens with one attached hydrogen (secondary N) is 1. The van der Waals surface area contributed by atoms with Crippen LogP contribution in [0.4, 0.5) is 0 Å². The first-order valence-corrected chi connectivity index (χ1v) is 6.11. The molecule has 0 saturated heterocycles. The number of rotatable bonds is 6. The SMILES string of the molecule is COc1cccc(C(C)CC(=O)NCC(C)O)c1. The average molecular weight is 251 g/mol. The van der Waals surface area contributed by atoms with Crippen molar-refractivity contribution in [1.29, 1.82) is 0 Å². The summed E-state index contributed by atoms with van der Waals surface area (Å²) in [5.74, 6) is 0.865. The number of carbonyl (C=O) groups excluding carboxylic acids is 1. The van der Waals surface area contributed by atoms with Crippen LogP contribution in [0.1, 0.15) is 31.7 Å². The molecule has 0 aliphatic heterocycles. The summed E-state index contributed by atoms with van der Waals surface area (Å²) in [5, 5.41) is 11.8. The Morgan fingerprint density at radius 3 is 2.78 bits per heavy atom. The van der Waals surface area contributed by atoms with E-state index in [2.05, 4.69) is 5.32 Å². The molecule has 0 saturated carbocycles. The summed E-state index contributed by atoms with van der Waals surface area (Å²) in [7, 11) is 1.62. The lowest BCUT2D eigenvalue weighted by molar-refractivity contribution is -0.121. The van der Waals surface area contributed by atoms with Crippen LogP contribution in [-0.2, 0) is 4.79 Å². The van der Waals surface area contributed by atoms with Crippen LogP contribution in [0.15, 0.2) is 24.3 Å². The van der Waals surface area contributed by atoms with Gasteiger partial charge in [0.15, 0.2) is 0 Å². The molecule has 100 valence electrons. The lowest BCUT2D eigenvalue weighted by Gasteiger charge is -2.13. The van der Waals surface area contributed by atoms with Crippen LogP contribution < -0.4 is 10.1 Å². The molecule has 0 aliphatic carbocycles. The molecule has 1 rings (SSSR count). The minimum absolute atomic E-state index is 0.0498. The molecule has 2 N–H and O–H groups in total. The van der Waals surface area contributed by atoms with Crippen molar-refractivity contribution in [3.63, 3.8) is 0 Å². The van der Waals surface area contributed by atoms with Crippen LogP contribution in [0.25, 0.3) is 0 Å². The summed E-state index contributed by atoms with van der Waals surface area (Å²) < 4.78 is 5.16. The fraction of sp³-hybridized carbons (Fsp3) is 0.500. The van der Waals surface area contributed by atoms with Gasteiger partial charge in [-0.25, -0.2) is 0 Å². The summed E-state index contributed by atoms with van der Waals surface area (Å²) >= 11 is 0. The first-order chi connectivity index (χ1) is 8.52. The number of benzene rings is 1. The summed E-state index contributed by atoms with van der Waals surface area (Å²) in [6.45, 7) is 3.94. The van der Waals surface area contributed by atoms with Gasteiger partial charge in [0.2, 0.25) is 5.91 Å². The van der Waals surface area contributed by atoms with Gasteiger partial charge in [0.1, 0.15) is 5.75 Å². The Balaban J connectivity index is 2.53. The molecule has 1 aromatic carbocycles. The van der Waals surface area contributed by atoms with Gasteiger partial charge in [-0.05, 0) is 30.5 Å². The maximum absolute atomic E-state index is 11.6. The normalized spacial score (nSPS) is 13.8. The molecule has 0 bridgehead atoms. The molecular formula is C14H21NO3. The van der Waals surface area contributed by atoms with Crippen molar-refractivity contribution in [1.82, 2.24) is 5.32 Å². The Kier molecular flexibility index (Phi) is 5.65. The highest BCUT2D eigenvalue weighted by atomic mass is 16.5. The second-order valence-corrected chi connectivity index (χ2v) is 4.53. The lowest BCUT2D eigenvalue weighted by Crippen LogP contribution is -2.31. The number of aliphatic hydroxyl groups excluding tert-OH is 1. The van der Waals surface area contributed by atoms with Crippen molar-refractivity contribution >= 4 is 5.91 Å². The van der Waals surface area contributed by atoms with Gasteiger partial charge in [-0.2, -0.15) is 0 Å². The standard InChI is InChI=1S/C14H21NO3/c1-10(7-14(17)15-9-11(2)16)12-5-4-6-13(8-12)18-3/h4-6,8,10-11,16H,7,9H2,1-3H3,(H,15,17). The van der Waals surface area contributed by atoms with E-state index in [0.717, 1.165) is 11.3 Å². The Bertz CT molecular complexity index is 390. The van der Waals surface area contributed by atoms with E-state index in [1.165, 1.54) is 0 Å². The first-order valence-electron chi connectivity index (χ1n) is 6.11.